The molecule has 290 valence electrons. The summed E-state index contributed by atoms with van der Waals surface area (Å²) in [6, 6.07) is 0. The van der Waals surface area contributed by atoms with Gasteiger partial charge in [0.15, 0.2) is 0 Å². The number of rotatable bonds is 35. The van der Waals surface area contributed by atoms with Crippen molar-refractivity contribution in [3.8, 4) is 0 Å². The first-order valence-corrected chi connectivity index (χ1v) is 19.5. The van der Waals surface area contributed by atoms with Gasteiger partial charge in [0.2, 0.25) is 11.8 Å². The van der Waals surface area contributed by atoms with Crippen LogP contribution in [0.2, 0.25) is 0 Å². The van der Waals surface area contributed by atoms with Gasteiger partial charge >= 0.3 is 23.9 Å². The normalized spacial score (nSPS) is 12.1. The van der Waals surface area contributed by atoms with Gasteiger partial charge < -0.3 is 30.3 Å². The maximum Gasteiger partial charge on any atom is 0.316 e. The lowest BCUT2D eigenvalue weighted by molar-refractivity contribution is -0.155. The minimum Gasteiger partial charge on any atom is -0.481 e. The van der Waals surface area contributed by atoms with E-state index in [2.05, 4.69) is 24.5 Å². The zero-order chi connectivity index (χ0) is 37.2. The van der Waals surface area contributed by atoms with Gasteiger partial charge in [0, 0.05) is 13.1 Å². The van der Waals surface area contributed by atoms with Gasteiger partial charge in [0.25, 0.3) is 0 Å². The molecular weight excluding hydrogens is 644 g/mol. The number of unbranched alkanes of at least 4 members (excludes halogenated alkanes) is 20. The molecule has 0 aliphatic rings. The average molecular weight is 713 g/mol. The molecule has 0 aliphatic heterocycles. The van der Waals surface area contributed by atoms with Crippen molar-refractivity contribution >= 4 is 35.7 Å². The van der Waals surface area contributed by atoms with E-state index in [4.69, 9.17) is 9.47 Å². The molecule has 12 nitrogen and oxygen atoms in total. The maximum atomic E-state index is 12.4. The molecule has 2 unspecified atom stereocenters. The van der Waals surface area contributed by atoms with Crippen LogP contribution in [0.3, 0.4) is 0 Å². The van der Waals surface area contributed by atoms with Crippen molar-refractivity contribution < 1.29 is 48.5 Å². The van der Waals surface area contributed by atoms with Crippen molar-refractivity contribution in [3.63, 3.8) is 0 Å². The second kappa shape index (κ2) is 33.0. The summed E-state index contributed by atoms with van der Waals surface area (Å²) in [4.78, 5) is 72.4. The van der Waals surface area contributed by atoms with Gasteiger partial charge in [-0.3, -0.25) is 28.8 Å². The molecule has 0 heterocycles. The number of nitrogens with one attached hydrogen (secondary N) is 2. The molecule has 0 aromatic rings. The number of carboxylic acid groups (broad SMARTS) is 2. The third-order valence-electron chi connectivity index (χ3n) is 8.72. The highest BCUT2D eigenvalue weighted by Gasteiger charge is 2.31. The lowest BCUT2D eigenvalue weighted by atomic mass is 10.0. The van der Waals surface area contributed by atoms with Crippen LogP contribution in [-0.2, 0) is 38.2 Å². The van der Waals surface area contributed by atoms with Gasteiger partial charge in [-0.25, -0.2) is 0 Å². The molecule has 2 amide bonds. The standard InChI is InChI=1S/C38H68N2O10/c1-3-5-7-9-11-13-15-17-19-21-23-27-49-33(41)29-31(37(45)46)35(43)39-25-26-40-36(44)32(38(47)48)30-34(42)50-28-24-22-20-18-16-14-12-10-8-6-4-2/h31-32H,3-30H2,1-2H3,(H,39,43)(H,40,44)(H,45,46)(H,47,48). The zero-order valence-electron chi connectivity index (χ0n) is 31.1. The first-order chi connectivity index (χ1) is 24.1. The number of ether oxygens (including phenoxy) is 2. The molecule has 0 aromatic heterocycles. The van der Waals surface area contributed by atoms with E-state index < -0.39 is 60.4 Å². The maximum absolute atomic E-state index is 12.4. The van der Waals surface area contributed by atoms with Crippen LogP contribution in [0.5, 0.6) is 0 Å². The van der Waals surface area contributed by atoms with E-state index in [0.717, 1.165) is 38.5 Å². The molecule has 0 saturated carbocycles. The summed E-state index contributed by atoms with van der Waals surface area (Å²) < 4.78 is 10.3. The second-order valence-corrected chi connectivity index (χ2v) is 13.3. The summed E-state index contributed by atoms with van der Waals surface area (Å²) in [6.07, 6.45) is 23.9. The van der Waals surface area contributed by atoms with E-state index in [9.17, 15) is 39.0 Å². The third-order valence-corrected chi connectivity index (χ3v) is 8.72. The lowest BCUT2D eigenvalue weighted by Gasteiger charge is -2.15. The lowest BCUT2D eigenvalue weighted by Crippen LogP contribution is -2.43. The van der Waals surface area contributed by atoms with E-state index in [1.807, 2.05) is 0 Å². The summed E-state index contributed by atoms with van der Waals surface area (Å²) in [5, 5.41) is 23.6. The number of aliphatic carboxylic acids is 2. The molecule has 0 rings (SSSR count). The van der Waals surface area contributed by atoms with Crippen LogP contribution in [-0.4, -0.2) is 72.2 Å². The first kappa shape index (κ1) is 46.8. The van der Waals surface area contributed by atoms with Crippen LogP contribution in [0.25, 0.3) is 0 Å². The number of carboxylic acids is 2. The predicted octanol–water partition coefficient (Wildman–Crippen LogP) is 7.11. The number of esters is 2. The quantitative estimate of drug-likeness (QED) is 0.0300. The van der Waals surface area contributed by atoms with Crippen molar-refractivity contribution in [2.75, 3.05) is 26.3 Å². The van der Waals surface area contributed by atoms with Gasteiger partial charge in [0.1, 0.15) is 11.8 Å². The van der Waals surface area contributed by atoms with Crippen LogP contribution in [0.15, 0.2) is 0 Å². The third kappa shape index (κ3) is 27.6. The second-order valence-electron chi connectivity index (χ2n) is 13.3. The molecule has 0 bridgehead atoms. The van der Waals surface area contributed by atoms with Crippen LogP contribution in [0.4, 0.5) is 0 Å². The Bertz CT molecular complexity index is 869. The fourth-order valence-corrected chi connectivity index (χ4v) is 5.56. The molecule has 0 spiro atoms. The highest BCUT2D eigenvalue weighted by atomic mass is 16.5. The van der Waals surface area contributed by atoms with Gasteiger partial charge in [-0.15, -0.1) is 0 Å². The van der Waals surface area contributed by atoms with Gasteiger partial charge in [0.05, 0.1) is 26.1 Å². The fourth-order valence-electron chi connectivity index (χ4n) is 5.56. The summed E-state index contributed by atoms with van der Waals surface area (Å²) in [5.41, 5.74) is 0. The molecule has 4 N–H and O–H groups in total. The Morgan fingerprint density at radius 1 is 0.440 bits per heavy atom. The van der Waals surface area contributed by atoms with Crippen LogP contribution in [0, 0.1) is 11.8 Å². The fraction of sp³-hybridized carbons (Fsp3) is 0.842. The number of hydrogen-bond donors (Lipinski definition) is 4. The zero-order valence-corrected chi connectivity index (χ0v) is 31.1. The molecule has 0 saturated heterocycles. The first-order valence-electron chi connectivity index (χ1n) is 19.5. The van der Waals surface area contributed by atoms with Crippen molar-refractivity contribution in [1.82, 2.24) is 10.6 Å². The van der Waals surface area contributed by atoms with E-state index >= 15 is 0 Å². The molecule has 0 fully saturated rings. The molecule has 50 heavy (non-hydrogen) atoms. The Morgan fingerprint density at radius 3 is 0.960 bits per heavy atom. The molecule has 12 heteroatoms. The topological polar surface area (TPSA) is 185 Å². The summed E-state index contributed by atoms with van der Waals surface area (Å²) in [5.74, 6) is -9.75. The molecular formula is C38H68N2O10. The van der Waals surface area contributed by atoms with Crippen molar-refractivity contribution in [2.45, 2.75) is 168 Å². The van der Waals surface area contributed by atoms with Gasteiger partial charge in [-0.1, -0.05) is 142 Å². The minimum absolute atomic E-state index is 0.160. The Balaban J connectivity index is 4.16. The van der Waals surface area contributed by atoms with Crippen molar-refractivity contribution in [1.29, 1.82) is 0 Å². The van der Waals surface area contributed by atoms with E-state index in [1.165, 1.54) is 89.9 Å². The van der Waals surface area contributed by atoms with Crippen LogP contribution >= 0.6 is 0 Å². The van der Waals surface area contributed by atoms with E-state index in [1.54, 1.807) is 0 Å². The molecule has 0 radical (unpaired) electrons. The molecule has 0 aromatic carbocycles. The summed E-state index contributed by atoms with van der Waals surface area (Å²) in [6.45, 7) is 4.31. The van der Waals surface area contributed by atoms with E-state index in [0.29, 0.717) is 12.8 Å². The van der Waals surface area contributed by atoms with Gasteiger partial charge in [-0.05, 0) is 12.8 Å². The smallest absolute Gasteiger partial charge is 0.316 e. The Morgan fingerprint density at radius 2 is 0.700 bits per heavy atom. The van der Waals surface area contributed by atoms with Crippen LogP contribution in [0.1, 0.15) is 168 Å². The van der Waals surface area contributed by atoms with E-state index in [-0.39, 0.29) is 26.3 Å². The Labute approximate surface area is 300 Å². The number of hydrogen-bond acceptors (Lipinski definition) is 8. The van der Waals surface area contributed by atoms with Gasteiger partial charge in [-0.2, -0.15) is 0 Å². The minimum atomic E-state index is -1.67. The highest BCUT2D eigenvalue weighted by Crippen LogP contribution is 2.13. The summed E-state index contributed by atoms with van der Waals surface area (Å²) in [7, 11) is 0. The molecule has 2 atom stereocenters. The number of carbonyl (C=O) groups excluding carboxylic acids is 4. The van der Waals surface area contributed by atoms with Crippen LogP contribution < -0.4 is 10.6 Å². The Kier molecular flexibility index (Phi) is 30.9. The summed E-state index contributed by atoms with van der Waals surface area (Å²) >= 11 is 0. The SMILES string of the molecule is CCCCCCCCCCCCCOC(=O)CC(C(=O)O)C(=O)NCCNC(=O)C(CC(=O)OCCCCCCCCCCCCC)C(=O)O. The average Bonchev–Trinajstić information content (AvgIpc) is 3.08. The number of carbonyl (C=O) groups is 6. The van der Waals surface area contributed by atoms with Crippen molar-refractivity contribution in [3.05, 3.63) is 0 Å². The Hall–Kier alpha value is -3.18. The van der Waals surface area contributed by atoms with Crippen molar-refractivity contribution in [2.24, 2.45) is 11.8 Å². The monoisotopic (exact) mass is 712 g/mol. The number of amides is 2. The largest absolute Gasteiger partial charge is 0.481 e. The predicted molar refractivity (Wildman–Crippen MR) is 192 cm³/mol. The highest BCUT2D eigenvalue weighted by molar-refractivity contribution is 6.00. The molecule has 0 aliphatic carbocycles.